The van der Waals surface area contributed by atoms with Gasteiger partial charge in [-0.15, -0.1) is 0 Å². The van der Waals surface area contributed by atoms with Crippen LogP contribution in [-0.4, -0.2) is 95.9 Å². The zero-order chi connectivity index (χ0) is 65.3. The van der Waals surface area contributed by atoms with E-state index in [1.807, 2.05) is 0 Å². The van der Waals surface area contributed by atoms with E-state index in [1.54, 1.807) is 0 Å². The molecule has 0 rings (SSSR count). The summed E-state index contributed by atoms with van der Waals surface area (Å²) in [6.45, 7) is 2.45. The third kappa shape index (κ3) is 65.5. The van der Waals surface area contributed by atoms with Gasteiger partial charge in [0.2, 0.25) is 0 Å². The summed E-state index contributed by atoms with van der Waals surface area (Å²) in [5.41, 5.74) is 0. The van der Waals surface area contributed by atoms with Crippen molar-refractivity contribution in [2.24, 2.45) is 0 Å². The highest BCUT2D eigenvalue weighted by Crippen LogP contribution is 2.45. The molecular weight excluding hydrogens is 1170 g/mol. The number of unbranched alkanes of at least 4 members (excludes halogenated alkanes) is 23. The zero-order valence-corrected chi connectivity index (χ0v) is 57.1. The van der Waals surface area contributed by atoms with Crippen LogP contribution in [0.1, 0.15) is 265 Å². The monoisotopic (exact) mass is 1290 g/mol. The molecule has 4 N–H and O–H groups in total. The highest BCUT2D eigenvalue weighted by Gasteiger charge is 2.29. The molecule has 0 aromatic heterocycles. The first-order chi connectivity index (χ1) is 43.2. The van der Waals surface area contributed by atoms with Crippen LogP contribution in [0, 0.1) is 0 Å². The van der Waals surface area contributed by atoms with E-state index < -0.39 is 91.5 Å². The van der Waals surface area contributed by atoms with Crippen LogP contribution < -0.4 is 0 Å². The summed E-state index contributed by atoms with van der Waals surface area (Å²) in [6, 6.07) is 0. The van der Waals surface area contributed by atoms with Gasteiger partial charge in [0.05, 0.1) is 26.4 Å². The van der Waals surface area contributed by atoms with Crippen LogP contribution in [0.3, 0.4) is 0 Å². The van der Waals surface area contributed by atoms with E-state index in [0.29, 0.717) is 19.3 Å². The van der Waals surface area contributed by atoms with Crippen molar-refractivity contribution in [3.05, 3.63) is 109 Å². The van der Waals surface area contributed by atoms with Crippen molar-refractivity contribution in [2.75, 3.05) is 39.6 Å². The van der Waals surface area contributed by atoms with Gasteiger partial charge in [0, 0.05) is 19.3 Å². The van der Waals surface area contributed by atoms with E-state index in [0.717, 1.165) is 154 Å². The molecule has 5 atom stereocenters. The minimum atomic E-state index is -4.93. The van der Waals surface area contributed by atoms with Gasteiger partial charge in [-0.3, -0.25) is 32.5 Å². The fourth-order valence-electron chi connectivity index (χ4n) is 8.71. The van der Waals surface area contributed by atoms with Crippen LogP contribution in [0.2, 0.25) is 0 Å². The molecule has 5 unspecified atom stereocenters. The maximum atomic E-state index is 12.9. The molecule has 89 heavy (non-hydrogen) atoms. The SMILES string of the molecule is CC/C=C\C/C=C\C/C=C\C/C=C\CCCCCCC(=O)OCC(COP(=O)(O)OCC(O)COP(=O)(O)OCC(O)COC(=O)CCCCCCCCC/C=C\C/C=C\C/C=C\C/C=C\CCCCC)OC(=O)CCCCCCC/C=C\CCCCCC. The Morgan fingerprint density at radius 3 is 0.978 bits per heavy atom. The summed E-state index contributed by atoms with van der Waals surface area (Å²) in [6.07, 6.45) is 71.4. The molecule has 0 aliphatic heterocycles. The van der Waals surface area contributed by atoms with E-state index in [2.05, 4.69) is 130 Å². The number of hydrogen-bond acceptors (Lipinski definition) is 14. The van der Waals surface area contributed by atoms with Gasteiger partial charge in [0.1, 0.15) is 25.4 Å². The number of aliphatic hydroxyl groups excluding tert-OH is 2. The molecule has 0 fully saturated rings. The fourth-order valence-corrected chi connectivity index (χ4v) is 10.3. The first kappa shape index (κ1) is 85.2. The number of ether oxygens (including phenoxy) is 3. The Bertz CT molecular complexity index is 2060. The third-order valence-corrected chi connectivity index (χ3v) is 15.9. The number of aliphatic hydroxyl groups is 2. The average Bonchev–Trinajstić information content (AvgIpc) is 3.66. The van der Waals surface area contributed by atoms with Gasteiger partial charge < -0.3 is 34.2 Å². The fraction of sp³-hybridized carbons (Fsp3) is 0.704. The normalized spacial score (nSPS) is 14.9. The van der Waals surface area contributed by atoms with Gasteiger partial charge in [0.15, 0.2) is 6.10 Å². The quantitative estimate of drug-likeness (QED) is 0.0146. The highest BCUT2D eigenvalue weighted by atomic mass is 31.2. The molecule has 0 aliphatic carbocycles. The van der Waals surface area contributed by atoms with Crippen LogP contribution in [0.4, 0.5) is 0 Å². The molecule has 0 spiro atoms. The van der Waals surface area contributed by atoms with Gasteiger partial charge in [-0.2, -0.15) is 0 Å². The Morgan fingerprint density at radius 1 is 0.326 bits per heavy atom. The summed E-state index contributed by atoms with van der Waals surface area (Å²) in [5, 5.41) is 20.5. The summed E-state index contributed by atoms with van der Waals surface area (Å²) in [5.74, 6) is -1.62. The second-order valence-electron chi connectivity index (χ2n) is 22.6. The molecule has 0 heterocycles. The Hall–Kier alpha value is -3.79. The Balaban J connectivity index is 4.62. The molecule has 16 nitrogen and oxygen atoms in total. The van der Waals surface area contributed by atoms with Crippen molar-refractivity contribution in [1.82, 2.24) is 0 Å². The molecule has 0 aromatic rings. The third-order valence-electron chi connectivity index (χ3n) is 14.0. The van der Waals surface area contributed by atoms with Gasteiger partial charge in [0.25, 0.3) is 0 Å². The predicted molar refractivity (Wildman–Crippen MR) is 362 cm³/mol. The summed E-state index contributed by atoms with van der Waals surface area (Å²) in [7, 11) is -9.79. The van der Waals surface area contributed by atoms with Crippen molar-refractivity contribution in [2.45, 2.75) is 283 Å². The number of phosphoric acid groups is 2. The van der Waals surface area contributed by atoms with Crippen molar-refractivity contribution < 1.29 is 75.8 Å². The van der Waals surface area contributed by atoms with Crippen molar-refractivity contribution in [1.29, 1.82) is 0 Å². The lowest BCUT2D eigenvalue weighted by Gasteiger charge is -2.21. The maximum absolute atomic E-state index is 12.9. The van der Waals surface area contributed by atoms with E-state index in [-0.39, 0.29) is 19.3 Å². The largest absolute Gasteiger partial charge is 0.472 e. The molecule has 0 bridgehead atoms. The van der Waals surface area contributed by atoms with E-state index in [4.69, 9.17) is 32.3 Å². The lowest BCUT2D eigenvalue weighted by atomic mass is 10.1. The average molecular weight is 1290 g/mol. The van der Waals surface area contributed by atoms with Crippen LogP contribution in [0.5, 0.6) is 0 Å². The van der Waals surface area contributed by atoms with Gasteiger partial charge in [-0.1, -0.05) is 226 Å². The summed E-state index contributed by atoms with van der Waals surface area (Å²) < 4.78 is 60.8. The Labute approximate surface area is 539 Å². The minimum absolute atomic E-state index is 0.0868. The zero-order valence-electron chi connectivity index (χ0n) is 55.3. The van der Waals surface area contributed by atoms with Gasteiger partial charge in [-0.25, -0.2) is 9.13 Å². The standard InChI is InChI=1S/C71H122O16P2/c1-4-7-10-13-16-19-22-25-27-29-30-31-32-33-34-36-38-40-42-45-48-51-54-57-69(74)81-60-66(72)61-83-88(77,78)84-62-67(73)63-85-89(79,80)86-65-68(87-71(76)59-56-53-50-47-44-39-24-21-18-15-12-9-6-3)64-82-70(75)58-55-52-49-46-43-41-37-35-28-26-23-20-17-14-11-8-5-2/h8,11,16-17,19-21,24-28,30-31,33-34,37,41,66-68,72-73H,4-7,9-10,12-15,18,22-23,29,32,35-36,38-40,42-65H2,1-3H3,(H,77,78)(H,79,80)/b11-8-,19-16-,20-17-,24-21-,27-25-,28-26-,31-30-,34-33-,41-37-. The van der Waals surface area contributed by atoms with E-state index in [1.165, 1.54) is 51.4 Å². The van der Waals surface area contributed by atoms with E-state index >= 15 is 0 Å². The molecule has 0 saturated heterocycles. The van der Waals surface area contributed by atoms with E-state index in [9.17, 15) is 43.5 Å². The number of rotatable bonds is 64. The van der Waals surface area contributed by atoms with Gasteiger partial charge >= 0.3 is 33.6 Å². The molecule has 18 heteroatoms. The molecule has 512 valence electrons. The second kappa shape index (κ2) is 64.3. The molecular formula is C71H122O16P2. The van der Waals surface area contributed by atoms with Crippen LogP contribution in [0.25, 0.3) is 0 Å². The first-order valence-electron chi connectivity index (χ1n) is 34.2. The first-order valence-corrected chi connectivity index (χ1v) is 37.2. The molecule has 0 saturated carbocycles. The number of hydrogen-bond donors (Lipinski definition) is 4. The molecule has 0 radical (unpaired) electrons. The number of allylic oxidation sites excluding steroid dienone is 18. The Morgan fingerprint density at radius 2 is 0.596 bits per heavy atom. The second-order valence-corrected chi connectivity index (χ2v) is 25.5. The number of phosphoric ester groups is 2. The summed E-state index contributed by atoms with van der Waals surface area (Å²) in [4.78, 5) is 58.3. The Kier molecular flexibility index (Phi) is 61.6. The molecule has 0 amide bonds. The van der Waals surface area contributed by atoms with Gasteiger partial charge in [-0.05, 0) is 128 Å². The highest BCUT2D eigenvalue weighted by molar-refractivity contribution is 7.47. The maximum Gasteiger partial charge on any atom is 0.472 e. The number of carbonyl (C=O) groups is 3. The summed E-state index contributed by atoms with van der Waals surface area (Å²) >= 11 is 0. The van der Waals surface area contributed by atoms with Crippen molar-refractivity contribution in [3.8, 4) is 0 Å². The van der Waals surface area contributed by atoms with Crippen molar-refractivity contribution in [3.63, 3.8) is 0 Å². The topological polar surface area (TPSA) is 231 Å². The predicted octanol–water partition coefficient (Wildman–Crippen LogP) is 18.9. The molecule has 0 aliphatic rings. The lowest BCUT2D eigenvalue weighted by Crippen LogP contribution is -2.30. The van der Waals surface area contributed by atoms with Crippen LogP contribution >= 0.6 is 15.6 Å². The van der Waals surface area contributed by atoms with Crippen LogP contribution in [0.15, 0.2) is 109 Å². The number of carbonyl (C=O) groups excluding carboxylic acids is 3. The van der Waals surface area contributed by atoms with Crippen LogP contribution in [-0.2, 0) is 55.8 Å². The lowest BCUT2D eigenvalue weighted by molar-refractivity contribution is -0.161. The molecule has 0 aromatic carbocycles. The minimum Gasteiger partial charge on any atom is -0.463 e. The smallest absolute Gasteiger partial charge is 0.463 e. The number of esters is 3. The van der Waals surface area contributed by atoms with Crippen molar-refractivity contribution >= 4 is 33.6 Å².